The van der Waals surface area contributed by atoms with E-state index in [2.05, 4.69) is 20.7 Å². The summed E-state index contributed by atoms with van der Waals surface area (Å²) in [5.74, 6) is 0. The molecule has 0 amide bonds. The first kappa shape index (κ1) is 11.2. The van der Waals surface area contributed by atoms with Gasteiger partial charge in [-0.1, -0.05) is 0 Å². The van der Waals surface area contributed by atoms with Crippen LogP contribution in [0.2, 0.25) is 0 Å². The summed E-state index contributed by atoms with van der Waals surface area (Å²) in [4.78, 5) is 10.0. The molecule has 0 N–H and O–H groups in total. The summed E-state index contributed by atoms with van der Waals surface area (Å²) < 4.78 is 31.1. The Hall–Kier alpha value is -0.910. The average molecular weight is 268 g/mol. The SMILES string of the molecule is CC(OC=O)n1ccc(Br)c1C(F)F. The van der Waals surface area contributed by atoms with Crippen molar-refractivity contribution in [1.29, 1.82) is 0 Å². The standard InChI is InChI=1S/C8H8BrF2NO2/c1-5(14-4-13)12-3-2-6(9)7(12)8(10)11/h2-5,8H,1H3. The molecule has 1 atom stereocenters. The maximum absolute atomic E-state index is 12.5. The lowest BCUT2D eigenvalue weighted by Gasteiger charge is -2.15. The van der Waals surface area contributed by atoms with Crippen LogP contribution in [0.1, 0.15) is 25.3 Å². The van der Waals surface area contributed by atoms with Gasteiger partial charge in [0.25, 0.3) is 12.9 Å². The quantitative estimate of drug-likeness (QED) is 0.786. The Balaban J connectivity index is 3.02. The molecule has 0 radical (unpaired) electrons. The minimum Gasteiger partial charge on any atom is -0.444 e. The summed E-state index contributed by atoms with van der Waals surface area (Å²) in [6.07, 6.45) is -1.92. The van der Waals surface area contributed by atoms with Gasteiger partial charge in [0.15, 0.2) is 6.23 Å². The summed E-state index contributed by atoms with van der Waals surface area (Å²) in [5.41, 5.74) is -0.195. The molecule has 0 aliphatic rings. The van der Waals surface area contributed by atoms with E-state index in [1.54, 1.807) is 0 Å². The van der Waals surface area contributed by atoms with E-state index < -0.39 is 12.7 Å². The van der Waals surface area contributed by atoms with E-state index in [9.17, 15) is 13.6 Å². The van der Waals surface area contributed by atoms with E-state index in [4.69, 9.17) is 0 Å². The molecule has 0 spiro atoms. The fourth-order valence-electron chi connectivity index (χ4n) is 1.11. The van der Waals surface area contributed by atoms with Gasteiger partial charge >= 0.3 is 0 Å². The summed E-state index contributed by atoms with van der Waals surface area (Å²) in [6.45, 7) is 1.74. The molecule has 0 fully saturated rings. The molecule has 1 aromatic rings. The second-order valence-electron chi connectivity index (χ2n) is 2.59. The van der Waals surface area contributed by atoms with Gasteiger partial charge in [-0.15, -0.1) is 0 Å². The molecular weight excluding hydrogens is 260 g/mol. The van der Waals surface area contributed by atoms with Crippen molar-refractivity contribution in [2.75, 3.05) is 0 Å². The van der Waals surface area contributed by atoms with Crippen LogP contribution in [0.15, 0.2) is 16.7 Å². The monoisotopic (exact) mass is 267 g/mol. The molecule has 78 valence electrons. The van der Waals surface area contributed by atoms with Crippen molar-refractivity contribution >= 4 is 22.4 Å². The van der Waals surface area contributed by atoms with Crippen LogP contribution >= 0.6 is 15.9 Å². The highest BCUT2D eigenvalue weighted by atomic mass is 79.9. The number of hydrogen-bond acceptors (Lipinski definition) is 2. The van der Waals surface area contributed by atoms with Gasteiger partial charge in [-0.05, 0) is 28.9 Å². The smallest absolute Gasteiger partial charge is 0.295 e. The van der Waals surface area contributed by atoms with Crippen LogP contribution in [0.3, 0.4) is 0 Å². The van der Waals surface area contributed by atoms with Crippen molar-refractivity contribution in [1.82, 2.24) is 4.57 Å². The highest BCUT2D eigenvalue weighted by Crippen LogP contribution is 2.30. The van der Waals surface area contributed by atoms with Crippen LogP contribution < -0.4 is 0 Å². The summed E-state index contributed by atoms with van der Waals surface area (Å²) >= 11 is 2.99. The van der Waals surface area contributed by atoms with Crippen molar-refractivity contribution in [3.05, 3.63) is 22.4 Å². The molecule has 1 heterocycles. The minimum atomic E-state index is -2.61. The normalized spacial score (nSPS) is 12.9. The van der Waals surface area contributed by atoms with Crippen molar-refractivity contribution in [2.24, 2.45) is 0 Å². The van der Waals surface area contributed by atoms with Gasteiger partial charge in [0.1, 0.15) is 5.69 Å². The summed E-state index contributed by atoms with van der Waals surface area (Å²) in [6, 6.07) is 1.48. The zero-order valence-corrected chi connectivity index (χ0v) is 8.87. The van der Waals surface area contributed by atoms with Crippen molar-refractivity contribution in [2.45, 2.75) is 19.6 Å². The highest BCUT2D eigenvalue weighted by molar-refractivity contribution is 9.10. The second-order valence-corrected chi connectivity index (χ2v) is 3.44. The maximum Gasteiger partial charge on any atom is 0.295 e. The summed E-state index contributed by atoms with van der Waals surface area (Å²) in [7, 11) is 0. The predicted octanol–water partition coefficient (Wildman–Crippen LogP) is 2.88. The minimum absolute atomic E-state index is 0.195. The van der Waals surface area contributed by atoms with E-state index in [1.807, 2.05) is 0 Å². The van der Waals surface area contributed by atoms with Crippen LogP contribution in [0.4, 0.5) is 8.78 Å². The summed E-state index contributed by atoms with van der Waals surface area (Å²) in [5, 5.41) is 0. The number of ether oxygens (including phenoxy) is 1. The van der Waals surface area contributed by atoms with E-state index in [1.165, 1.54) is 23.8 Å². The van der Waals surface area contributed by atoms with Gasteiger partial charge in [0.2, 0.25) is 0 Å². The maximum atomic E-state index is 12.5. The van der Waals surface area contributed by atoms with Crippen molar-refractivity contribution in [3.63, 3.8) is 0 Å². The van der Waals surface area contributed by atoms with Gasteiger partial charge in [-0.2, -0.15) is 0 Å². The predicted molar refractivity (Wildman–Crippen MR) is 48.9 cm³/mol. The average Bonchev–Trinajstić information content (AvgIpc) is 2.47. The molecule has 3 nitrogen and oxygen atoms in total. The zero-order chi connectivity index (χ0) is 10.7. The van der Waals surface area contributed by atoms with E-state index in [-0.39, 0.29) is 12.2 Å². The molecule has 0 aliphatic carbocycles. The molecule has 14 heavy (non-hydrogen) atoms. The first-order valence-electron chi connectivity index (χ1n) is 3.81. The molecule has 0 saturated heterocycles. The third-order valence-electron chi connectivity index (χ3n) is 1.76. The highest BCUT2D eigenvalue weighted by Gasteiger charge is 2.20. The largest absolute Gasteiger partial charge is 0.444 e. The third-order valence-corrected chi connectivity index (χ3v) is 2.43. The molecule has 0 saturated carbocycles. The van der Waals surface area contributed by atoms with Crippen LogP contribution in [-0.4, -0.2) is 11.0 Å². The molecule has 6 heteroatoms. The lowest BCUT2D eigenvalue weighted by molar-refractivity contribution is -0.137. The Bertz CT molecular complexity index is 327. The lowest BCUT2D eigenvalue weighted by Crippen LogP contribution is -2.11. The Labute approximate surface area is 87.8 Å². The first-order chi connectivity index (χ1) is 6.57. The number of rotatable bonds is 4. The Morgan fingerprint density at radius 1 is 1.64 bits per heavy atom. The Morgan fingerprint density at radius 3 is 2.79 bits per heavy atom. The van der Waals surface area contributed by atoms with E-state index in [0.29, 0.717) is 4.47 Å². The van der Waals surface area contributed by atoms with Crippen LogP contribution in [0.5, 0.6) is 0 Å². The topological polar surface area (TPSA) is 31.2 Å². The van der Waals surface area contributed by atoms with Gasteiger partial charge < -0.3 is 9.30 Å². The number of nitrogens with zero attached hydrogens (tertiary/aromatic N) is 1. The number of halogens is 3. The van der Waals surface area contributed by atoms with Gasteiger partial charge in [0.05, 0.1) is 0 Å². The van der Waals surface area contributed by atoms with Crippen LogP contribution in [0.25, 0.3) is 0 Å². The Kier molecular flexibility index (Phi) is 3.62. The molecule has 1 unspecified atom stereocenters. The van der Waals surface area contributed by atoms with E-state index >= 15 is 0 Å². The first-order valence-corrected chi connectivity index (χ1v) is 4.60. The van der Waals surface area contributed by atoms with Crippen LogP contribution in [-0.2, 0) is 9.53 Å². The van der Waals surface area contributed by atoms with E-state index in [0.717, 1.165) is 0 Å². The third kappa shape index (κ3) is 2.12. The zero-order valence-electron chi connectivity index (χ0n) is 7.28. The number of hydrogen-bond donors (Lipinski definition) is 0. The Morgan fingerprint density at radius 2 is 2.29 bits per heavy atom. The number of carbonyl (C=O) groups is 1. The van der Waals surface area contributed by atoms with Gasteiger partial charge in [-0.3, -0.25) is 4.79 Å². The fraction of sp³-hybridized carbons (Fsp3) is 0.375. The van der Waals surface area contributed by atoms with Gasteiger partial charge in [-0.25, -0.2) is 8.78 Å². The molecule has 1 rings (SSSR count). The van der Waals surface area contributed by atoms with Crippen LogP contribution in [0, 0.1) is 0 Å². The number of aromatic nitrogens is 1. The second kappa shape index (κ2) is 4.54. The lowest BCUT2D eigenvalue weighted by atomic mass is 10.4. The van der Waals surface area contributed by atoms with Crippen molar-refractivity contribution < 1.29 is 18.3 Å². The molecule has 1 aromatic heterocycles. The van der Waals surface area contributed by atoms with Crippen molar-refractivity contribution in [3.8, 4) is 0 Å². The molecule has 0 bridgehead atoms. The number of carbonyl (C=O) groups excluding carboxylic acids is 1. The molecule has 0 aromatic carbocycles. The van der Waals surface area contributed by atoms with Gasteiger partial charge in [0, 0.05) is 10.7 Å². The molecule has 0 aliphatic heterocycles. The fourth-order valence-corrected chi connectivity index (χ4v) is 1.61. The number of alkyl halides is 2. The molecular formula is C8H8BrF2NO2.